The molecule has 0 bridgehead atoms. The number of hydrogen-bond acceptors (Lipinski definition) is 1. The predicted octanol–water partition coefficient (Wildman–Crippen LogP) is 5.25. The fraction of sp³-hybridized carbons (Fsp3) is 0.111. The normalized spacial score (nSPS) is 11.5. The maximum atomic E-state index is 12.6. The lowest BCUT2D eigenvalue weighted by molar-refractivity contribution is 0.151. The van der Waals surface area contributed by atoms with Gasteiger partial charge in [-0.2, -0.15) is 0 Å². The van der Waals surface area contributed by atoms with Gasteiger partial charge in [-0.3, -0.25) is 0 Å². The molecule has 0 spiro atoms. The molecular formula is C9H4BrClF2S. The van der Waals surface area contributed by atoms with Crippen molar-refractivity contribution in [1.29, 1.82) is 0 Å². The summed E-state index contributed by atoms with van der Waals surface area (Å²) in [4.78, 5) is 0. The van der Waals surface area contributed by atoms with Crippen LogP contribution in [0.4, 0.5) is 8.78 Å². The Balaban J connectivity index is 2.80. The van der Waals surface area contributed by atoms with Gasteiger partial charge in [0.05, 0.1) is 5.02 Å². The van der Waals surface area contributed by atoms with E-state index in [4.69, 9.17) is 11.6 Å². The monoisotopic (exact) mass is 296 g/mol. The molecule has 0 nitrogen and oxygen atoms in total. The van der Waals surface area contributed by atoms with Crippen molar-refractivity contribution in [1.82, 2.24) is 0 Å². The summed E-state index contributed by atoms with van der Waals surface area (Å²) in [6.07, 6.45) is -2.51. The summed E-state index contributed by atoms with van der Waals surface area (Å²) in [6.45, 7) is 0. The minimum atomic E-state index is -2.51. The summed E-state index contributed by atoms with van der Waals surface area (Å²) in [5.74, 6) is 0. The second kappa shape index (κ2) is 3.76. The van der Waals surface area contributed by atoms with Crippen LogP contribution in [-0.4, -0.2) is 0 Å². The van der Waals surface area contributed by atoms with Gasteiger partial charge in [-0.1, -0.05) is 11.6 Å². The Kier molecular flexibility index (Phi) is 2.77. The molecule has 1 aromatic carbocycles. The molecular weight excluding hydrogens is 294 g/mol. The Bertz CT molecular complexity index is 481. The van der Waals surface area contributed by atoms with Crippen LogP contribution in [-0.2, 0) is 0 Å². The van der Waals surface area contributed by atoms with Crippen LogP contribution in [0.3, 0.4) is 0 Å². The van der Waals surface area contributed by atoms with Crippen molar-refractivity contribution in [3.63, 3.8) is 0 Å². The van der Waals surface area contributed by atoms with Gasteiger partial charge in [0.25, 0.3) is 6.43 Å². The molecule has 0 amide bonds. The van der Waals surface area contributed by atoms with Crippen molar-refractivity contribution < 1.29 is 8.78 Å². The van der Waals surface area contributed by atoms with Crippen molar-refractivity contribution in [2.24, 2.45) is 0 Å². The molecule has 5 heteroatoms. The van der Waals surface area contributed by atoms with Crippen LogP contribution < -0.4 is 0 Å². The van der Waals surface area contributed by atoms with E-state index in [1.54, 1.807) is 0 Å². The van der Waals surface area contributed by atoms with Gasteiger partial charge in [0.15, 0.2) is 0 Å². The fourth-order valence-electron chi connectivity index (χ4n) is 1.22. The number of alkyl halides is 2. The van der Waals surface area contributed by atoms with Gasteiger partial charge >= 0.3 is 0 Å². The van der Waals surface area contributed by atoms with Gasteiger partial charge < -0.3 is 0 Å². The van der Waals surface area contributed by atoms with Gasteiger partial charge in [-0.25, -0.2) is 8.78 Å². The summed E-state index contributed by atoms with van der Waals surface area (Å²) >= 11 is 10.4. The van der Waals surface area contributed by atoms with Crippen LogP contribution in [0.2, 0.25) is 5.02 Å². The molecule has 0 aliphatic carbocycles. The van der Waals surface area contributed by atoms with E-state index in [0.717, 1.165) is 10.1 Å². The van der Waals surface area contributed by atoms with Crippen molar-refractivity contribution in [3.05, 3.63) is 32.6 Å². The van der Waals surface area contributed by atoms with E-state index >= 15 is 0 Å². The number of benzene rings is 1. The summed E-state index contributed by atoms with van der Waals surface area (Å²) in [6, 6.07) is 3.29. The molecule has 0 radical (unpaired) electrons. The highest BCUT2D eigenvalue weighted by atomic mass is 79.9. The molecule has 74 valence electrons. The third-order valence-corrected chi connectivity index (χ3v) is 4.24. The zero-order valence-electron chi connectivity index (χ0n) is 6.73. The van der Waals surface area contributed by atoms with Crippen LogP contribution in [0.1, 0.15) is 12.0 Å². The zero-order valence-corrected chi connectivity index (χ0v) is 9.89. The molecule has 0 aliphatic heterocycles. The molecule has 0 N–H and O–H groups in total. The van der Waals surface area contributed by atoms with E-state index in [-0.39, 0.29) is 5.56 Å². The first-order valence-electron chi connectivity index (χ1n) is 3.74. The number of halogens is 4. The van der Waals surface area contributed by atoms with Gasteiger partial charge in [-0.15, -0.1) is 11.3 Å². The largest absolute Gasteiger partial charge is 0.265 e. The zero-order chi connectivity index (χ0) is 10.3. The van der Waals surface area contributed by atoms with Crippen LogP contribution in [0.25, 0.3) is 10.1 Å². The third-order valence-electron chi connectivity index (χ3n) is 1.90. The standard InChI is InChI=1S/C9H4BrClF2S/c10-7-5(9(12)13)3-6-4(8(7)11)1-2-14-6/h1-3,9H. The molecule has 1 heterocycles. The SMILES string of the molecule is FC(F)c1cc2sccc2c(Cl)c1Br. The lowest BCUT2D eigenvalue weighted by Gasteiger charge is -2.05. The van der Waals surface area contributed by atoms with Crippen molar-refractivity contribution >= 4 is 49.0 Å². The summed E-state index contributed by atoms with van der Waals surface area (Å²) in [7, 11) is 0. The number of hydrogen-bond donors (Lipinski definition) is 0. The quantitative estimate of drug-likeness (QED) is 0.674. The molecule has 2 aromatic rings. The lowest BCUT2D eigenvalue weighted by atomic mass is 10.2. The number of rotatable bonds is 1. The topological polar surface area (TPSA) is 0 Å². The van der Waals surface area contributed by atoms with Crippen LogP contribution in [0.5, 0.6) is 0 Å². The molecule has 2 rings (SSSR count). The van der Waals surface area contributed by atoms with Gasteiger partial charge in [0.1, 0.15) is 0 Å². The van der Waals surface area contributed by atoms with Crippen molar-refractivity contribution in [3.8, 4) is 0 Å². The predicted molar refractivity (Wildman–Crippen MR) is 59.5 cm³/mol. The van der Waals surface area contributed by atoms with Crippen LogP contribution in [0.15, 0.2) is 22.0 Å². The highest BCUT2D eigenvalue weighted by Gasteiger charge is 2.17. The fourth-order valence-corrected chi connectivity index (χ4v) is 2.90. The molecule has 0 aliphatic rings. The first-order chi connectivity index (χ1) is 6.61. The van der Waals surface area contributed by atoms with Gasteiger partial charge in [-0.05, 0) is 33.4 Å². The highest BCUT2D eigenvalue weighted by molar-refractivity contribution is 9.10. The Morgan fingerprint density at radius 2 is 2.14 bits per heavy atom. The van der Waals surface area contributed by atoms with E-state index in [0.29, 0.717) is 9.50 Å². The highest BCUT2D eigenvalue weighted by Crippen LogP contribution is 2.40. The Labute approximate surface area is 96.6 Å². The number of thiophene rings is 1. The Hall–Kier alpha value is -0.190. The minimum Gasteiger partial charge on any atom is -0.205 e. The minimum absolute atomic E-state index is 0.0510. The summed E-state index contributed by atoms with van der Waals surface area (Å²) in [5.41, 5.74) is -0.0510. The molecule has 1 aromatic heterocycles. The second-order valence-corrected chi connectivity index (χ2v) is 4.85. The average molecular weight is 298 g/mol. The number of fused-ring (bicyclic) bond motifs is 1. The van der Waals surface area contributed by atoms with E-state index in [2.05, 4.69) is 15.9 Å². The first-order valence-corrected chi connectivity index (χ1v) is 5.79. The van der Waals surface area contributed by atoms with Crippen LogP contribution >= 0.6 is 38.9 Å². The van der Waals surface area contributed by atoms with E-state index in [1.807, 2.05) is 11.4 Å². The van der Waals surface area contributed by atoms with E-state index < -0.39 is 6.43 Å². The molecule has 0 fully saturated rings. The van der Waals surface area contributed by atoms with E-state index in [1.165, 1.54) is 17.4 Å². The second-order valence-electron chi connectivity index (χ2n) is 2.73. The molecule has 0 atom stereocenters. The molecule has 0 unspecified atom stereocenters. The van der Waals surface area contributed by atoms with E-state index in [9.17, 15) is 8.78 Å². The summed E-state index contributed by atoms with van der Waals surface area (Å²) in [5, 5.41) is 3.00. The maximum absolute atomic E-state index is 12.6. The van der Waals surface area contributed by atoms with Crippen molar-refractivity contribution in [2.75, 3.05) is 0 Å². The summed E-state index contributed by atoms with van der Waals surface area (Å²) < 4.78 is 26.2. The molecule has 0 saturated heterocycles. The maximum Gasteiger partial charge on any atom is 0.265 e. The average Bonchev–Trinajstić information content (AvgIpc) is 2.58. The third kappa shape index (κ3) is 1.55. The molecule has 0 saturated carbocycles. The Morgan fingerprint density at radius 1 is 1.43 bits per heavy atom. The van der Waals surface area contributed by atoms with Gasteiger partial charge in [0.2, 0.25) is 0 Å². The first kappa shape index (κ1) is 10.3. The van der Waals surface area contributed by atoms with Crippen molar-refractivity contribution in [2.45, 2.75) is 6.43 Å². The van der Waals surface area contributed by atoms with Gasteiger partial charge in [0, 0.05) is 20.1 Å². The van der Waals surface area contributed by atoms with Crippen LogP contribution in [0, 0.1) is 0 Å². The lowest BCUT2D eigenvalue weighted by Crippen LogP contribution is -1.86. The Morgan fingerprint density at radius 3 is 2.79 bits per heavy atom. The molecule has 14 heavy (non-hydrogen) atoms. The smallest absolute Gasteiger partial charge is 0.205 e.